The second-order valence-electron chi connectivity index (χ2n) is 14.7. The van der Waals surface area contributed by atoms with Crippen molar-refractivity contribution < 1.29 is 4.74 Å². The largest absolute Gasteiger partial charge is 0.461 e. The summed E-state index contributed by atoms with van der Waals surface area (Å²) in [6.07, 6.45) is 6.38. The highest BCUT2D eigenvalue weighted by Gasteiger charge is 2.40. The summed E-state index contributed by atoms with van der Waals surface area (Å²) in [5.74, 6) is 3.58. The molecule has 1 aliphatic carbocycles. The molecule has 2 unspecified atom stereocenters. The Kier molecular flexibility index (Phi) is 7.16. The van der Waals surface area contributed by atoms with Gasteiger partial charge < -0.3 is 9.30 Å². The summed E-state index contributed by atoms with van der Waals surface area (Å²) < 4.78 is 11.6. The second-order valence-corrected chi connectivity index (χ2v) is 15.8. The van der Waals surface area contributed by atoms with Gasteiger partial charge in [-0.1, -0.05) is 140 Å². The van der Waals surface area contributed by atoms with Gasteiger partial charge in [0.15, 0.2) is 11.6 Å². The van der Waals surface area contributed by atoms with E-state index in [0.717, 1.165) is 45.2 Å². The standard InChI is InChI=1S/C51H32N4OS/c1-3-13-31(14-4-1)49-52-50(32-15-5-2-6-16-32)54-51(53-49)40-20-12-24-44-48(40)47-35(19-11-23-43(47)56-44)33-25-27-38-39-28-26-34(30-46(39)57-45(38)29-33)55-41-21-9-7-17-36(41)37-18-8-10-22-42(37)55/h1-30,40,48H. The van der Waals surface area contributed by atoms with Gasteiger partial charge in [0.05, 0.1) is 22.9 Å². The Hall–Kier alpha value is -7.15. The fourth-order valence-electron chi connectivity index (χ4n) is 8.90. The number of benzene rings is 7. The van der Waals surface area contributed by atoms with Gasteiger partial charge in [-0.2, -0.15) is 0 Å². The Balaban J connectivity index is 0.970. The molecular formula is C51H32N4OS. The lowest BCUT2D eigenvalue weighted by atomic mass is 9.79. The smallest absolute Gasteiger partial charge is 0.163 e. The average Bonchev–Trinajstić information content (AvgIpc) is 3.96. The van der Waals surface area contributed by atoms with Gasteiger partial charge in [0.25, 0.3) is 0 Å². The van der Waals surface area contributed by atoms with Crippen molar-refractivity contribution in [2.24, 2.45) is 0 Å². The van der Waals surface area contributed by atoms with E-state index in [1.54, 1.807) is 0 Å². The summed E-state index contributed by atoms with van der Waals surface area (Å²) in [7, 11) is 0. The van der Waals surface area contributed by atoms with E-state index in [-0.39, 0.29) is 11.8 Å². The molecule has 5 nitrogen and oxygen atoms in total. The van der Waals surface area contributed by atoms with Crippen LogP contribution in [0.5, 0.6) is 5.75 Å². The Morgan fingerprint density at radius 2 is 1.16 bits per heavy atom. The molecule has 7 aromatic carbocycles. The number of hydrogen-bond acceptors (Lipinski definition) is 5. The molecule has 0 fully saturated rings. The third-order valence-electron chi connectivity index (χ3n) is 11.5. The van der Waals surface area contributed by atoms with Crippen LogP contribution in [0, 0.1) is 0 Å². The van der Waals surface area contributed by atoms with Crippen LogP contribution in [0.25, 0.3) is 81.6 Å². The zero-order valence-corrected chi connectivity index (χ0v) is 31.4. The zero-order valence-electron chi connectivity index (χ0n) is 30.6. The first kappa shape index (κ1) is 32.1. The zero-order chi connectivity index (χ0) is 37.5. The van der Waals surface area contributed by atoms with E-state index in [1.165, 1.54) is 47.7 Å². The molecule has 0 spiro atoms. The van der Waals surface area contributed by atoms with Gasteiger partial charge in [-0.15, -0.1) is 11.3 Å². The summed E-state index contributed by atoms with van der Waals surface area (Å²) >= 11 is 1.85. The van der Waals surface area contributed by atoms with Gasteiger partial charge in [0.1, 0.15) is 17.3 Å². The fraction of sp³-hybridized carbons (Fsp3) is 0.0392. The van der Waals surface area contributed by atoms with Gasteiger partial charge in [-0.3, -0.25) is 0 Å². The molecule has 3 aromatic heterocycles. The molecule has 0 saturated heterocycles. The summed E-state index contributed by atoms with van der Waals surface area (Å²) in [5.41, 5.74) is 9.00. The number of fused-ring (bicyclic) bond motifs is 9. The van der Waals surface area contributed by atoms with Gasteiger partial charge >= 0.3 is 0 Å². The van der Waals surface area contributed by atoms with Crippen LogP contribution >= 0.6 is 11.3 Å². The number of nitrogens with zero attached hydrogens (tertiary/aromatic N) is 4. The maximum absolute atomic E-state index is 6.64. The van der Waals surface area contributed by atoms with Crippen LogP contribution in [-0.2, 0) is 0 Å². The van der Waals surface area contributed by atoms with Crippen LogP contribution in [0.3, 0.4) is 0 Å². The van der Waals surface area contributed by atoms with E-state index < -0.39 is 0 Å². The number of hydrogen-bond donors (Lipinski definition) is 0. The lowest BCUT2D eigenvalue weighted by molar-refractivity contribution is 0.414. The number of para-hydroxylation sites is 2. The highest BCUT2D eigenvalue weighted by Crippen LogP contribution is 2.54. The summed E-state index contributed by atoms with van der Waals surface area (Å²) in [6.45, 7) is 0. The minimum Gasteiger partial charge on any atom is -0.461 e. The predicted octanol–water partition coefficient (Wildman–Crippen LogP) is 13.1. The predicted molar refractivity (Wildman–Crippen MR) is 233 cm³/mol. The molecule has 57 heavy (non-hydrogen) atoms. The second kappa shape index (κ2) is 12.7. The van der Waals surface area contributed by atoms with Crippen molar-refractivity contribution in [3.8, 4) is 45.3 Å². The quantitative estimate of drug-likeness (QED) is 0.176. The maximum atomic E-state index is 6.64. The molecule has 4 heterocycles. The highest BCUT2D eigenvalue weighted by molar-refractivity contribution is 7.25. The number of allylic oxidation sites excluding steroid dienone is 4. The summed E-state index contributed by atoms with van der Waals surface area (Å²) in [4.78, 5) is 15.3. The fourth-order valence-corrected chi connectivity index (χ4v) is 10.1. The molecule has 268 valence electrons. The van der Waals surface area contributed by atoms with E-state index in [9.17, 15) is 0 Å². The normalized spacial score (nSPS) is 15.9. The van der Waals surface area contributed by atoms with Crippen LogP contribution < -0.4 is 4.74 Å². The molecular weight excluding hydrogens is 717 g/mol. The molecule has 0 saturated carbocycles. The third kappa shape index (κ3) is 5.11. The third-order valence-corrected chi connectivity index (χ3v) is 12.6. The minimum atomic E-state index is -0.160. The van der Waals surface area contributed by atoms with Crippen molar-refractivity contribution in [3.05, 3.63) is 199 Å². The number of rotatable bonds is 5. The SMILES string of the molecule is C1=CC(c2nc(-c3ccccc3)nc(-c3ccccc3)n2)C2C(=C1)Oc1cccc(-c3ccc4c(c3)sc3cc(-n5c6ccccc6c6ccccc65)ccc34)c12. The Labute approximate surface area is 332 Å². The summed E-state index contributed by atoms with van der Waals surface area (Å²) in [6, 6.07) is 57.9. The van der Waals surface area contributed by atoms with E-state index in [2.05, 4.69) is 150 Å². The monoisotopic (exact) mass is 748 g/mol. The first-order valence-electron chi connectivity index (χ1n) is 19.3. The molecule has 1 aliphatic heterocycles. The Morgan fingerprint density at radius 3 is 1.86 bits per heavy atom. The molecule has 0 amide bonds. The molecule has 10 aromatic rings. The Bertz CT molecular complexity index is 3180. The van der Waals surface area contributed by atoms with E-state index >= 15 is 0 Å². The lowest BCUT2D eigenvalue weighted by Gasteiger charge is -2.24. The van der Waals surface area contributed by atoms with Crippen LogP contribution in [0.2, 0.25) is 0 Å². The van der Waals surface area contributed by atoms with Gasteiger partial charge in [0, 0.05) is 53.3 Å². The molecule has 0 N–H and O–H groups in total. The molecule has 0 bridgehead atoms. The Morgan fingerprint density at radius 1 is 0.526 bits per heavy atom. The number of thiophene rings is 1. The van der Waals surface area contributed by atoms with E-state index in [0.29, 0.717) is 11.6 Å². The summed E-state index contributed by atoms with van der Waals surface area (Å²) in [5, 5.41) is 5.08. The van der Waals surface area contributed by atoms with Gasteiger partial charge in [-0.05, 0) is 53.6 Å². The van der Waals surface area contributed by atoms with Crippen molar-refractivity contribution in [1.82, 2.24) is 19.5 Å². The van der Waals surface area contributed by atoms with Gasteiger partial charge in [0.2, 0.25) is 0 Å². The van der Waals surface area contributed by atoms with Crippen molar-refractivity contribution in [2.75, 3.05) is 0 Å². The lowest BCUT2D eigenvalue weighted by Crippen LogP contribution is -2.17. The average molecular weight is 749 g/mol. The molecule has 2 atom stereocenters. The van der Waals surface area contributed by atoms with Crippen molar-refractivity contribution in [2.45, 2.75) is 11.8 Å². The number of ether oxygens (including phenoxy) is 1. The van der Waals surface area contributed by atoms with Crippen LogP contribution in [-0.4, -0.2) is 19.5 Å². The van der Waals surface area contributed by atoms with Crippen molar-refractivity contribution >= 4 is 53.3 Å². The van der Waals surface area contributed by atoms with Crippen LogP contribution in [0.4, 0.5) is 0 Å². The van der Waals surface area contributed by atoms with Crippen LogP contribution in [0.15, 0.2) is 188 Å². The van der Waals surface area contributed by atoms with Crippen molar-refractivity contribution in [3.63, 3.8) is 0 Å². The molecule has 2 aliphatic rings. The van der Waals surface area contributed by atoms with Crippen molar-refractivity contribution in [1.29, 1.82) is 0 Å². The highest BCUT2D eigenvalue weighted by atomic mass is 32.1. The van der Waals surface area contributed by atoms with Gasteiger partial charge in [-0.25, -0.2) is 15.0 Å². The maximum Gasteiger partial charge on any atom is 0.163 e. The molecule has 12 rings (SSSR count). The minimum absolute atomic E-state index is 0.0947. The van der Waals surface area contributed by atoms with Crippen LogP contribution in [0.1, 0.15) is 23.2 Å². The first-order chi connectivity index (χ1) is 28.2. The van der Waals surface area contributed by atoms with E-state index in [4.69, 9.17) is 19.7 Å². The first-order valence-corrected chi connectivity index (χ1v) is 20.1. The van der Waals surface area contributed by atoms with E-state index in [1.807, 2.05) is 47.7 Å². The molecule has 6 heteroatoms. The number of aromatic nitrogens is 4. The molecule has 0 radical (unpaired) electrons. The topological polar surface area (TPSA) is 52.8 Å².